The summed E-state index contributed by atoms with van der Waals surface area (Å²) in [5, 5.41) is 11.5. The Kier molecular flexibility index (Phi) is 2.90. The number of aliphatic carboxylic acids is 1. The molecule has 1 aliphatic carbocycles. The molecule has 84 valence electrons. The van der Waals surface area contributed by atoms with Crippen molar-refractivity contribution < 1.29 is 14.7 Å². The van der Waals surface area contributed by atoms with Gasteiger partial charge in [0.15, 0.2) is 0 Å². The molecule has 0 unspecified atom stereocenters. The molecule has 1 aromatic rings. The number of nitrogens with one attached hydrogen (secondary N) is 1. The molecule has 0 saturated heterocycles. The van der Waals surface area contributed by atoms with Crippen molar-refractivity contribution in [2.75, 3.05) is 0 Å². The summed E-state index contributed by atoms with van der Waals surface area (Å²) in [6, 6.07) is 8.94. The molecular formula is C12H13NO3. The van der Waals surface area contributed by atoms with Gasteiger partial charge >= 0.3 is 5.97 Å². The average Bonchev–Trinajstić information content (AvgIpc) is 2.23. The summed E-state index contributed by atoms with van der Waals surface area (Å²) in [5.41, 5.74) is 0.612. The van der Waals surface area contributed by atoms with Gasteiger partial charge in [0.1, 0.15) is 0 Å². The van der Waals surface area contributed by atoms with Crippen molar-refractivity contribution in [2.45, 2.75) is 18.9 Å². The maximum atomic E-state index is 11.7. The van der Waals surface area contributed by atoms with E-state index >= 15 is 0 Å². The summed E-state index contributed by atoms with van der Waals surface area (Å²) in [6.07, 6.45) is 1.07. The molecule has 1 aliphatic rings. The molecule has 0 aromatic heterocycles. The topological polar surface area (TPSA) is 66.4 Å². The van der Waals surface area contributed by atoms with Crippen molar-refractivity contribution in [1.82, 2.24) is 5.32 Å². The van der Waals surface area contributed by atoms with Gasteiger partial charge in [-0.1, -0.05) is 18.2 Å². The van der Waals surface area contributed by atoms with Crippen LogP contribution in [0.2, 0.25) is 0 Å². The van der Waals surface area contributed by atoms with E-state index in [-0.39, 0.29) is 17.9 Å². The number of amides is 1. The lowest BCUT2D eigenvalue weighted by Gasteiger charge is -2.32. The standard InChI is InChI=1S/C12H13NO3/c14-11(8-4-2-1-3-5-8)13-10-6-9(7-10)12(15)16/h1-5,9-10H,6-7H2,(H,13,14)(H,15,16). The number of carboxylic acids is 1. The van der Waals surface area contributed by atoms with Crippen LogP contribution in [-0.2, 0) is 4.79 Å². The Balaban J connectivity index is 1.84. The lowest BCUT2D eigenvalue weighted by molar-refractivity contribution is -0.145. The van der Waals surface area contributed by atoms with Crippen LogP contribution in [0.1, 0.15) is 23.2 Å². The molecule has 2 N–H and O–H groups in total. The van der Waals surface area contributed by atoms with Crippen molar-refractivity contribution >= 4 is 11.9 Å². The maximum Gasteiger partial charge on any atom is 0.306 e. The van der Waals surface area contributed by atoms with Crippen LogP contribution in [-0.4, -0.2) is 23.0 Å². The molecule has 4 nitrogen and oxygen atoms in total. The van der Waals surface area contributed by atoms with Gasteiger partial charge in [-0.15, -0.1) is 0 Å². The van der Waals surface area contributed by atoms with E-state index < -0.39 is 5.97 Å². The fourth-order valence-corrected chi connectivity index (χ4v) is 1.80. The minimum Gasteiger partial charge on any atom is -0.481 e. The normalized spacial score (nSPS) is 23.2. The van der Waals surface area contributed by atoms with Gasteiger partial charge in [-0.05, 0) is 25.0 Å². The van der Waals surface area contributed by atoms with Crippen molar-refractivity contribution in [3.8, 4) is 0 Å². The van der Waals surface area contributed by atoms with Crippen LogP contribution < -0.4 is 5.32 Å². The molecule has 1 fully saturated rings. The zero-order chi connectivity index (χ0) is 11.5. The molecule has 2 rings (SSSR count). The second-order valence-electron chi connectivity index (χ2n) is 4.04. The van der Waals surface area contributed by atoms with Crippen molar-refractivity contribution in [3.63, 3.8) is 0 Å². The second kappa shape index (κ2) is 4.35. The minimum absolute atomic E-state index is 0.00815. The molecule has 0 atom stereocenters. The number of hydrogen-bond acceptors (Lipinski definition) is 2. The van der Waals surface area contributed by atoms with E-state index in [9.17, 15) is 9.59 Å². The Labute approximate surface area is 93.3 Å². The number of carbonyl (C=O) groups is 2. The third-order valence-electron chi connectivity index (χ3n) is 2.86. The third kappa shape index (κ3) is 2.21. The second-order valence-corrected chi connectivity index (χ2v) is 4.04. The predicted molar refractivity (Wildman–Crippen MR) is 58.1 cm³/mol. The van der Waals surface area contributed by atoms with Gasteiger partial charge in [0.25, 0.3) is 5.91 Å². The number of carbonyl (C=O) groups excluding carboxylic acids is 1. The van der Waals surface area contributed by atoms with Crippen molar-refractivity contribution in [3.05, 3.63) is 35.9 Å². The van der Waals surface area contributed by atoms with Crippen LogP contribution in [0.25, 0.3) is 0 Å². The molecule has 1 aromatic carbocycles. The average molecular weight is 219 g/mol. The molecule has 1 saturated carbocycles. The van der Waals surface area contributed by atoms with E-state index in [1.165, 1.54) is 0 Å². The van der Waals surface area contributed by atoms with Gasteiger partial charge in [-0.25, -0.2) is 0 Å². The Morgan fingerprint density at radius 3 is 2.38 bits per heavy atom. The summed E-state index contributed by atoms with van der Waals surface area (Å²) in [7, 11) is 0. The lowest BCUT2D eigenvalue weighted by atomic mass is 9.80. The lowest BCUT2D eigenvalue weighted by Crippen LogP contribution is -2.46. The molecule has 16 heavy (non-hydrogen) atoms. The molecule has 0 heterocycles. The third-order valence-corrected chi connectivity index (χ3v) is 2.86. The first-order valence-corrected chi connectivity index (χ1v) is 5.25. The maximum absolute atomic E-state index is 11.7. The van der Waals surface area contributed by atoms with Gasteiger partial charge < -0.3 is 10.4 Å². The van der Waals surface area contributed by atoms with Crippen LogP contribution in [0.15, 0.2) is 30.3 Å². The number of hydrogen-bond donors (Lipinski definition) is 2. The predicted octanol–water partition coefficient (Wildman–Crippen LogP) is 1.28. The van der Waals surface area contributed by atoms with Gasteiger partial charge in [0.05, 0.1) is 5.92 Å². The fraction of sp³-hybridized carbons (Fsp3) is 0.333. The zero-order valence-electron chi connectivity index (χ0n) is 8.72. The smallest absolute Gasteiger partial charge is 0.306 e. The van der Waals surface area contributed by atoms with Crippen molar-refractivity contribution in [2.24, 2.45) is 5.92 Å². The van der Waals surface area contributed by atoms with Gasteiger partial charge in [0, 0.05) is 11.6 Å². The molecule has 0 aliphatic heterocycles. The quantitative estimate of drug-likeness (QED) is 0.804. The molecule has 0 radical (unpaired) electrons. The monoisotopic (exact) mass is 219 g/mol. The van der Waals surface area contributed by atoms with Crippen LogP contribution in [0.5, 0.6) is 0 Å². The largest absolute Gasteiger partial charge is 0.481 e. The summed E-state index contributed by atoms with van der Waals surface area (Å²) in [5.74, 6) is -1.19. The summed E-state index contributed by atoms with van der Waals surface area (Å²) in [4.78, 5) is 22.2. The number of rotatable bonds is 3. The highest BCUT2D eigenvalue weighted by molar-refractivity contribution is 5.94. The van der Waals surface area contributed by atoms with Crippen LogP contribution in [0, 0.1) is 5.92 Å². The van der Waals surface area contributed by atoms with Crippen LogP contribution in [0.3, 0.4) is 0 Å². The van der Waals surface area contributed by atoms with Crippen LogP contribution >= 0.6 is 0 Å². The van der Waals surface area contributed by atoms with E-state index in [0.717, 1.165) is 0 Å². The fourth-order valence-electron chi connectivity index (χ4n) is 1.80. The summed E-state index contributed by atoms with van der Waals surface area (Å²) < 4.78 is 0. The zero-order valence-corrected chi connectivity index (χ0v) is 8.72. The van der Waals surface area contributed by atoms with E-state index in [1.807, 2.05) is 6.07 Å². The van der Waals surface area contributed by atoms with E-state index in [0.29, 0.717) is 18.4 Å². The molecule has 0 bridgehead atoms. The molecule has 0 spiro atoms. The highest BCUT2D eigenvalue weighted by Crippen LogP contribution is 2.27. The first-order valence-electron chi connectivity index (χ1n) is 5.25. The molecule has 4 heteroatoms. The SMILES string of the molecule is O=C(NC1CC(C(=O)O)C1)c1ccccc1. The van der Waals surface area contributed by atoms with Gasteiger partial charge in [0.2, 0.25) is 0 Å². The van der Waals surface area contributed by atoms with E-state index in [1.54, 1.807) is 24.3 Å². The Bertz CT molecular complexity index is 396. The van der Waals surface area contributed by atoms with Gasteiger partial charge in [-0.3, -0.25) is 9.59 Å². The number of carboxylic acid groups (broad SMARTS) is 1. The first-order chi connectivity index (χ1) is 7.66. The highest BCUT2D eigenvalue weighted by atomic mass is 16.4. The molecule has 1 amide bonds. The Hall–Kier alpha value is -1.84. The Morgan fingerprint density at radius 2 is 1.81 bits per heavy atom. The number of benzene rings is 1. The minimum atomic E-state index is -0.773. The van der Waals surface area contributed by atoms with E-state index in [2.05, 4.69) is 5.32 Å². The van der Waals surface area contributed by atoms with E-state index in [4.69, 9.17) is 5.11 Å². The van der Waals surface area contributed by atoms with Gasteiger partial charge in [-0.2, -0.15) is 0 Å². The molecular weight excluding hydrogens is 206 g/mol. The summed E-state index contributed by atoms with van der Waals surface area (Å²) >= 11 is 0. The van der Waals surface area contributed by atoms with Crippen LogP contribution in [0.4, 0.5) is 0 Å². The first kappa shape index (κ1) is 10.7. The summed E-state index contributed by atoms with van der Waals surface area (Å²) in [6.45, 7) is 0. The Morgan fingerprint density at radius 1 is 1.19 bits per heavy atom. The van der Waals surface area contributed by atoms with Crippen molar-refractivity contribution in [1.29, 1.82) is 0 Å². The highest BCUT2D eigenvalue weighted by Gasteiger charge is 2.35.